The Morgan fingerprint density at radius 3 is 2.88 bits per heavy atom. The van der Waals surface area contributed by atoms with E-state index in [1.165, 1.54) is 11.8 Å². The average molecular weight is 235 g/mol. The highest BCUT2D eigenvalue weighted by molar-refractivity contribution is 7.99. The average Bonchev–Trinajstić information content (AvgIpc) is 2.73. The van der Waals surface area contributed by atoms with Gasteiger partial charge in [0.15, 0.2) is 0 Å². The van der Waals surface area contributed by atoms with E-state index in [0.29, 0.717) is 5.22 Å². The van der Waals surface area contributed by atoms with Gasteiger partial charge in [0.05, 0.1) is 6.20 Å². The maximum Gasteiger partial charge on any atom is 0.261 e. The van der Waals surface area contributed by atoms with Gasteiger partial charge in [0.2, 0.25) is 0 Å². The van der Waals surface area contributed by atoms with Crippen molar-refractivity contribution in [2.24, 2.45) is 5.73 Å². The van der Waals surface area contributed by atoms with Crippen molar-refractivity contribution in [1.29, 1.82) is 0 Å². The molecule has 0 spiro atoms. The molecular weight excluding hydrogens is 222 g/mol. The third-order valence-corrected chi connectivity index (χ3v) is 2.78. The van der Waals surface area contributed by atoms with Gasteiger partial charge in [-0.2, -0.15) is 0 Å². The highest BCUT2D eigenvalue weighted by atomic mass is 32.2. The van der Waals surface area contributed by atoms with Crippen LogP contribution >= 0.6 is 11.8 Å². The topological polar surface area (TPSA) is 64.9 Å². The molecule has 0 aliphatic heterocycles. The van der Waals surface area contributed by atoms with Gasteiger partial charge in [0.25, 0.3) is 5.22 Å². The number of aromatic nitrogens is 2. The number of nitrogens with zero attached hydrogens (tertiary/aromatic N) is 2. The van der Waals surface area contributed by atoms with Crippen molar-refractivity contribution < 1.29 is 4.42 Å². The van der Waals surface area contributed by atoms with Crippen molar-refractivity contribution in [2.75, 3.05) is 0 Å². The largest absolute Gasteiger partial charge is 0.440 e. The Balaban J connectivity index is 2.02. The SMILES string of the molecule is CC(N)Cc1ccc(Sc2ncco2)nc1. The molecule has 84 valence electrons. The Kier molecular flexibility index (Phi) is 3.58. The molecule has 0 aliphatic carbocycles. The second kappa shape index (κ2) is 5.14. The summed E-state index contributed by atoms with van der Waals surface area (Å²) >= 11 is 1.40. The quantitative estimate of drug-likeness (QED) is 0.879. The molecule has 0 saturated carbocycles. The van der Waals surface area contributed by atoms with Crippen LogP contribution in [-0.4, -0.2) is 16.0 Å². The molecule has 0 bridgehead atoms. The summed E-state index contributed by atoms with van der Waals surface area (Å²) in [5.74, 6) is 0. The zero-order valence-corrected chi connectivity index (χ0v) is 9.78. The van der Waals surface area contributed by atoms with Crippen LogP contribution in [0.2, 0.25) is 0 Å². The van der Waals surface area contributed by atoms with Crippen LogP contribution in [0.3, 0.4) is 0 Å². The molecule has 0 amide bonds. The van der Waals surface area contributed by atoms with Crippen molar-refractivity contribution in [3.05, 3.63) is 36.4 Å². The maximum absolute atomic E-state index is 5.71. The first-order valence-electron chi connectivity index (χ1n) is 5.02. The van der Waals surface area contributed by atoms with E-state index in [9.17, 15) is 0 Å². The highest BCUT2D eigenvalue weighted by Crippen LogP contribution is 2.23. The van der Waals surface area contributed by atoms with Crippen molar-refractivity contribution >= 4 is 11.8 Å². The number of hydrogen-bond acceptors (Lipinski definition) is 5. The molecule has 4 nitrogen and oxygen atoms in total. The molecule has 0 fully saturated rings. The molecule has 0 saturated heterocycles. The number of pyridine rings is 1. The number of rotatable bonds is 4. The lowest BCUT2D eigenvalue weighted by Gasteiger charge is -2.04. The van der Waals surface area contributed by atoms with Gasteiger partial charge in [-0.15, -0.1) is 0 Å². The summed E-state index contributed by atoms with van der Waals surface area (Å²) in [6.07, 6.45) is 5.85. The van der Waals surface area contributed by atoms with E-state index in [1.807, 2.05) is 25.3 Å². The zero-order chi connectivity index (χ0) is 11.4. The predicted molar refractivity (Wildman–Crippen MR) is 62.2 cm³/mol. The summed E-state index contributed by atoms with van der Waals surface area (Å²) in [6, 6.07) is 4.14. The molecular formula is C11H13N3OS. The summed E-state index contributed by atoms with van der Waals surface area (Å²) < 4.78 is 5.12. The van der Waals surface area contributed by atoms with Crippen LogP contribution < -0.4 is 5.73 Å². The van der Waals surface area contributed by atoms with Gasteiger partial charge >= 0.3 is 0 Å². The molecule has 0 aliphatic rings. The normalized spacial score (nSPS) is 12.6. The molecule has 0 aromatic carbocycles. The molecule has 1 atom stereocenters. The Hall–Kier alpha value is -1.33. The number of nitrogens with two attached hydrogens (primary N) is 1. The van der Waals surface area contributed by atoms with Crippen molar-refractivity contribution in [1.82, 2.24) is 9.97 Å². The fourth-order valence-corrected chi connectivity index (χ4v) is 1.95. The van der Waals surface area contributed by atoms with E-state index in [-0.39, 0.29) is 6.04 Å². The maximum atomic E-state index is 5.71. The van der Waals surface area contributed by atoms with Crippen molar-refractivity contribution in [3.8, 4) is 0 Å². The lowest BCUT2D eigenvalue weighted by Crippen LogP contribution is -2.17. The monoisotopic (exact) mass is 235 g/mol. The molecule has 2 N–H and O–H groups in total. The van der Waals surface area contributed by atoms with Gasteiger partial charge < -0.3 is 10.2 Å². The first-order valence-corrected chi connectivity index (χ1v) is 5.83. The first-order chi connectivity index (χ1) is 7.74. The Bertz CT molecular complexity index is 425. The van der Waals surface area contributed by atoms with E-state index < -0.39 is 0 Å². The third-order valence-electron chi connectivity index (χ3n) is 1.96. The Morgan fingerprint density at radius 2 is 2.31 bits per heavy atom. The van der Waals surface area contributed by atoms with Crippen LogP contribution in [0.25, 0.3) is 0 Å². The van der Waals surface area contributed by atoms with E-state index in [1.54, 1.807) is 12.5 Å². The van der Waals surface area contributed by atoms with Crippen LogP contribution in [-0.2, 0) is 6.42 Å². The number of oxazole rings is 1. The van der Waals surface area contributed by atoms with E-state index in [4.69, 9.17) is 10.2 Å². The molecule has 0 radical (unpaired) electrons. The molecule has 16 heavy (non-hydrogen) atoms. The van der Waals surface area contributed by atoms with Crippen LogP contribution in [0.5, 0.6) is 0 Å². The van der Waals surface area contributed by atoms with Crippen LogP contribution in [0.1, 0.15) is 12.5 Å². The summed E-state index contributed by atoms with van der Waals surface area (Å²) in [5, 5.41) is 1.48. The number of hydrogen-bond donors (Lipinski definition) is 1. The molecule has 2 aromatic rings. The molecule has 2 rings (SSSR count). The summed E-state index contributed by atoms with van der Waals surface area (Å²) in [4.78, 5) is 8.33. The third kappa shape index (κ3) is 3.08. The molecule has 5 heteroatoms. The van der Waals surface area contributed by atoms with Gasteiger partial charge in [-0.05, 0) is 36.7 Å². The minimum atomic E-state index is 0.159. The van der Waals surface area contributed by atoms with E-state index in [0.717, 1.165) is 17.0 Å². The Labute approximate surface area is 98.3 Å². The smallest absolute Gasteiger partial charge is 0.261 e. The predicted octanol–water partition coefficient (Wildman–Crippen LogP) is 2.11. The Morgan fingerprint density at radius 1 is 1.44 bits per heavy atom. The lowest BCUT2D eigenvalue weighted by atomic mass is 10.1. The minimum Gasteiger partial charge on any atom is -0.440 e. The van der Waals surface area contributed by atoms with E-state index in [2.05, 4.69) is 9.97 Å². The van der Waals surface area contributed by atoms with Crippen LogP contribution in [0, 0.1) is 0 Å². The molecule has 2 aromatic heterocycles. The van der Waals surface area contributed by atoms with Gasteiger partial charge in [-0.25, -0.2) is 9.97 Å². The summed E-state index contributed by atoms with van der Waals surface area (Å²) in [7, 11) is 0. The fraction of sp³-hybridized carbons (Fsp3) is 0.273. The van der Waals surface area contributed by atoms with Gasteiger partial charge in [-0.3, -0.25) is 0 Å². The fourth-order valence-electron chi connectivity index (χ4n) is 1.31. The summed E-state index contributed by atoms with van der Waals surface area (Å²) in [6.45, 7) is 1.98. The summed E-state index contributed by atoms with van der Waals surface area (Å²) in [5.41, 5.74) is 6.86. The van der Waals surface area contributed by atoms with E-state index >= 15 is 0 Å². The lowest BCUT2D eigenvalue weighted by molar-refractivity contribution is 0.454. The minimum absolute atomic E-state index is 0.159. The van der Waals surface area contributed by atoms with Crippen molar-refractivity contribution in [3.63, 3.8) is 0 Å². The molecule has 2 heterocycles. The standard InChI is InChI=1S/C11H13N3OS/c1-8(12)6-9-2-3-10(14-7-9)16-11-13-4-5-15-11/h2-5,7-8H,6,12H2,1H3. The van der Waals surface area contributed by atoms with Crippen LogP contribution in [0.15, 0.2) is 45.5 Å². The zero-order valence-electron chi connectivity index (χ0n) is 8.96. The highest BCUT2D eigenvalue weighted by Gasteiger charge is 2.03. The van der Waals surface area contributed by atoms with Crippen LogP contribution in [0.4, 0.5) is 0 Å². The van der Waals surface area contributed by atoms with Gasteiger partial charge in [-0.1, -0.05) is 6.07 Å². The van der Waals surface area contributed by atoms with Gasteiger partial charge in [0, 0.05) is 12.2 Å². The molecule has 1 unspecified atom stereocenters. The van der Waals surface area contributed by atoms with Crippen molar-refractivity contribution in [2.45, 2.75) is 29.6 Å². The second-order valence-corrected chi connectivity index (χ2v) is 4.56. The second-order valence-electron chi connectivity index (χ2n) is 3.59. The first kappa shape index (κ1) is 11.2. The van der Waals surface area contributed by atoms with Gasteiger partial charge in [0.1, 0.15) is 11.3 Å².